The summed E-state index contributed by atoms with van der Waals surface area (Å²) in [5.74, 6) is 2.61. The number of fused-ring (bicyclic) bond motifs is 1. The normalized spacial score (nSPS) is 11.1. The Labute approximate surface area is 141 Å². The molecule has 4 aromatic rings. The summed E-state index contributed by atoms with van der Waals surface area (Å²) < 4.78 is 1.83. The summed E-state index contributed by atoms with van der Waals surface area (Å²) in [5, 5.41) is 13.9. The monoisotopic (exact) mass is 339 g/mol. The molecule has 0 atom stereocenters. The smallest absolute Gasteiger partial charge is 0.235 e. The fourth-order valence-corrected chi connectivity index (χ4v) is 3.90. The predicted octanol–water partition coefficient (Wildman–Crippen LogP) is 3.68. The minimum absolute atomic E-state index is 0.779. The Kier molecular flexibility index (Phi) is 4.04. The molecule has 3 heterocycles. The third-order valence-corrected chi connectivity index (χ3v) is 5.20. The zero-order valence-electron chi connectivity index (χ0n) is 12.2. The van der Waals surface area contributed by atoms with Crippen LogP contribution in [0.1, 0.15) is 11.4 Å². The molecule has 5 nitrogen and oxygen atoms in total. The zero-order chi connectivity index (χ0) is 15.5. The highest BCUT2D eigenvalue weighted by atomic mass is 32.2. The first kappa shape index (κ1) is 14.3. The summed E-state index contributed by atoms with van der Waals surface area (Å²) in [6.45, 7) is 0. The second-order valence-corrected chi connectivity index (χ2v) is 6.85. The van der Waals surface area contributed by atoms with Crippen LogP contribution in [0.15, 0.2) is 54.7 Å². The van der Waals surface area contributed by atoms with Gasteiger partial charge < -0.3 is 0 Å². The molecule has 0 saturated carbocycles. The van der Waals surface area contributed by atoms with E-state index in [4.69, 9.17) is 0 Å². The van der Waals surface area contributed by atoms with Crippen molar-refractivity contribution in [3.63, 3.8) is 0 Å². The zero-order valence-corrected chi connectivity index (χ0v) is 13.8. The van der Waals surface area contributed by atoms with Crippen LogP contribution >= 0.6 is 23.1 Å². The average molecular weight is 339 g/mol. The van der Waals surface area contributed by atoms with Gasteiger partial charge in [-0.3, -0.25) is 4.98 Å². The molecule has 0 spiro atoms. The molecule has 3 aromatic heterocycles. The first-order chi connectivity index (χ1) is 11.4. The maximum Gasteiger partial charge on any atom is 0.235 e. The van der Waals surface area contributed by atoms with Crippen molar-refractivity contribution in [2.75, 3.05) is 0 Å². The van der Waals surface area contributed by atoms with E-state index >= 15 is 0 Å². The van der Waals surface area contributed by atoms with Crippen LogP contribution in [-0.2, 0) is 11.5 Å². The molecule has 4 rings (SSSR count). The molecule has 0 fully saturated rings. The van der Waals surface area contributed by atoms with Gasteiger partial charge in [-0.15, -0.1) is 22.0 Å². The topological polar surface area (TPSA) is 56.0 Å². The van der Waals surface area contributed by atoms with Crippen molar-refractivity contribution in [2.45, 2.75) is 11.5 Å². The maximum atomic E-state index is 4.60. The maximum absolute atomic E-state index is 4.60. The molecule has 0 bridgehead atoms. The number of nitrogens with zero attached hydrogens (tertiary/aromatic N) is 5. The van der Waals surface area contributed by atoms with Crippen molar-refractivity contribution in [3.8, 4) is 10.7 Å². The van der Waals surface area contributed by atoms with Crippen molar-refractivity contribution in [1.82, 2.24) is 24.8 Å². The first-order valence-corrected chi connectivity index (χ1v) is 9.11. The molecular formula is C16H13N5S2. The summed E-state index contributed by atoms with van der Waals surface area (Å²) in [4.78, 5) is 5.14. The van der Waals surface area contributed by atoms with Gasteiger partial charge in [0.25, 0.3) is 0 Å². The molecule has 0 N–H and O–H groups in total. The molecule has 23 heavy (non-hydrogen) atoms. The molecule has 114 valence electrons. The highest BCUT2D eigenvalue weighted by Crippen LogP contribution is 2.25. The second kappa shape index (κ2) is 6.47. The fraction of sp³-hybridized carbons (Fsp3) is 0.125. The molecule has 0 unspecified atom stereocenters. The number of rotatable bonds is 5. The lowest BCUT2D eigenvalue weighted by molar-refractivity contribution is 0.885. The van der Waals surface area contributed by atoms with Crippen molar-refractivity contribution in [3.05, 3.63) is 66.1 Å². The van der Waals surface area contributed by atoms with Gasteiger partial charge >= 0.3 is 0 Å². The van der Waals surface area contributed by atoms with Gasteiger partial charge in [-0.1, -0.05) is 47.7 Å². The molecular weight excluding hydrogens is 326 g/mol. The summed E-state index contributed by atoms with van der Waals surface area (Å²) in [6.07, 6.45) is 1.77. The average Bonchev–Trinajstić information content (AvgIpc) is 3.18. The van der Waals surface area contributed by atoms with E-state index in [9.17, 15) is 0 Å². The molecule has 0 aliphatic heterocycles. The largest absolute Gasteiger partial charge is 0.254 e. The summed E-state index contributed by atoms with van der Waals surface area (Å²) >= 11 is 3.32. The van der Waals surface area contributed by atoms with Gasteiger partial charge in [0.15, 0.2) is 10.8 Å². The van der Waals surface area contributed by atoms with E-state index in [0.29, 0.717) is 0 Å². The van der Waals surface area contributed by atoms with Crippen molar-refractivity contribution >= 4 is 28.1 Å². The van der Waals surface area contributed by atoms with E-state index in [0.717, 1.165) is 33.0 Å². The van der Waals surface area contributed by atoms with Gasteiger partial charge in [-0.2, -0.15) is 9.61 Å². The Morgan fingerprint density at radius 3 is 2.65 bits per heavy atom. The minimum atomic E-state index is 0.779. The van der Waals surface area contributed by atoms with Crippen LogP contribution in [0.2, 0.25) is 0 Å². The van der Waals surface area contributed by atoms with E-state index in [-0.39, 0.29) is 0 Å². The Hall–Kier alpha value is -2.25. The van der Waals surface area contributed by atoms with E-state index < -0.39 is 0 Å². The highest BCUT2D eigenvalue weighted by molar-refractivity contribution is 7.97. The van der Waals surface area contributed by atoms with Crippen LogP contribution in [-0.4, -0.2) is 24.8 Å². The van der Waals surface area contributed by atoms with Crippen molar-refractivity contribution in [2.24, 2.45) is 0 Å². The molecule has 0 amide bonds. The minimum Gasteiger partial charge on any atom is -0.254 e. The van der Waals surface area contributed by atoms with E-state index in [1.165, 1.54) is 16.9 Å². The number of pyridine rings is 1. The number of benzene rings is 1. The first-order valence-electron chi connectivity index (χ1n) is 7.14. The Balaban J connectivity index is 1.51. The third-order valence-electron chi connectivity index (χ3n) is 3.28. The molecule has 0 aliphatic carbocycles. The van der Waals surface area contributed by atoms with Crippen LogP contribution in [0.4, 0.5) is 0 Å². The van der Waals surface area contributed by atoms with Gasteiger partial charge in [0.1, 0.15) is 5.69 Å². The van der Waals surface area contributed by atoms with E-state index in [1.54, 1.807) is 6.20 Å². The van der Waals surface area contributed by atoms with Crippen LogP contribution in [0, 0.1) is 0 Å². The Bertz CT molecular complexity index is 902. The summed E-state index contributed by atoms with van der Waals surface area (Å²) in [5.41, 5.74) is 2.18. The lowest BCUT2D eigenvalue weighted by Crippen LogP contribution is -1.95. The highest BCUT2D eigenvalue weighted by Gasteiger charge is 2.13. The van der Waals surface area contributed by atoms with Gasteiger partial charge in [0.05, 0.1) is 5.75 Å². The van der Waals surface area contributed by atoms with E-state index in [1.807, 2.05) is 40.5 Å². The summed E-state index contributed by atoms with van der Waals surface area (Å²) in [6, 6.07) is 16.2. The Morgan fingerprint density at radius 2 is 1.83 bits per heavy atom. The molecule has 0 radical (unpaired) electrons. The third kappa shape index (κ3) is 3.11. The van der Waals surface area contributed by atoms with Crippen LogP contribution in [0.3, 0.4) is 0 Å². The molecule has 1 aromatic carbocycles. The van der Waals surface area contributed by atoms with Crippen molar-refractivity contribution in [1.29, 1.82) is 0 Å². The molecule has 7 heteroatoms. The number of hydrogen-bond acceptors (Lipinski definition) is 6. The fourth-order valence-electron chi connectivity index (χ4n) is 2.17. The predicted molar refractivity (Wildman–Crippen MR) is 93.3 cm³/mol. The SMILES string of the molecule is c1ccc(CSCc2nnc3sc(-c4ccccn4)nn23)cc1. The second-order valence-electron chi connectivity index (χ2n) is 4.91. The summed E-state index contributed by atoms with van der Waals surface area (Å²) in [7, 11) is 0. The molecule has 0 saturated heterocycles. The van der Waals surface area contributed by atoms with Gasteiger partial charge in [-0.25, -0.2) is 0 Å². The van der Waals surface area contributed by atoms with Crippen LogP contribution in [0.25, 0.3) is 15.7 Å². The number of aromatic nitrogens is 5. The molecule has 0 aliphatic rings. The van der Waals surface area contributed by atoms with Gasteiger partial charge in [-0.05, 0) is 17.7 Å². The van der Waals surface area contributed by atoms with Gasteiger partial charge in [0.2, 0.25) is 4.96 Å². The van der Waals surface area contributed by atoms with Crippen LogP contribution in [0.5, 0.6) is 0 Å². The van der Waals surface area contributed by atoms with Crippen molar-refractivity contribution < 1.29 is 0 Å². The lowest BCUT2D eigenvalue weighted by Gasteiger charge is -1.99. The number of hydrogen-bond donors (Lipinski definition) is 0. The van der Waals surface area contributed by atoms with Crippen LogP contribution < -0.4 is 0 Å². The van der Waals surface area contributed by atoms with Gasteiger partial charge in [0, 0.05) is 11.9 Å². The standard InChI is InChI=1S/C16H13N5S2/c1-2-6-12(7-3-1)10-22-11-14-18-19-16-21(14)20-15(23-16)13-8-4-5-9-17-13/h1-9H,10-11H2. The lowest BCUT2D eigenvalue weighted by atomic mass is 10.2. The quantitative estimate of drug-likeness (QED) is 0.555. The number of thioether (sulfide) groups is 1. The van der Waals surface area contributed by atoms with E-state index in [2.05, 4.69) is 44.5 Å². The Morgan fingerprint density at radius 1 is 0.957 bits per heavy atom.